The van der Waals surface area contributed by atoms with Crippen molar-refractivity contribution in [3.05, 3.63) is 34.3 Å². The van der Waals surface area contributed by atoms with Gasteiger partial charge in [0.1, 0.15) is 0 Å². The lowest BCUT2D eigenvalue weighted by molar-refractivity contribution is 0.365. The van der Waals surface area contributed by atoms with Crippen molar-refractivity contribution in [3.63, 3.8) is 0 Å². The molecule has 86 valence electrons. The van der Waals surface area contributed by atoms with Gasteiger partial charge in [0, 0.05) is 22.5 Å². The largest absolute Gasteiger partial charge is 0.330 e. The minimum atomic E-state index is 0.612. The number of nitrogens with one attached hydrogen (secondary N) is 1. The van der Waals surface area contributed by atoms with Gasteiger partial charge in [0.25, 0.3) is 0 Å². The second-order valence-electron chi connectivity index (χ2n) is 4.94. The van der Waals surface area contributed by atoms with E-state index < -0.39 is 0 Å². The van der Waals surface area contributed by atoms with Crippen molar-refractivity contribution >= 4 is 15.9 Å². The maximum atomic E-state index is 5.93. The molecule has 1 aromatic rings. The summed E-state index contributed by atoms with van der Waals surface area (Å²) in [7, 11) is 0. The van der Waals surface area contributed by atoms with Gasteiger partial charge in [0.2, 0.25) is 0 Å². The Hall–Kier alpha value is -0.380. The average molecular weight is 281 g/mol. The first kappa shape index (κ1) is 10.8. The number of nitrogens with two attached hydrogens (primary N) is 1. The van der Waals surface area contributed by atoms with Crippen LogP contribution < -0.4 is 11.1 Å². The van der Waals surface area contributed by atoms with Crippen molar-refractivity contribution in [2.24, 2.45) is 11.7 Å². The lowest BCUT2D eigenvalue weighted by Gasteiger charge is -2.28. The van der Waals surface area contributed by atoms with Crippen LogP contribution in [-0.4, -0.2) is 18.6 Å². The standard InChI is InChI=1S/C13H17BrN2/c14-9-3-1-2-8(6-9)13-10(7-15)11-4-5-12(13)16-11/h1-3,6,10-13,16H,4-5,7,15H2. The molecule has 2 aliphatic heterocycles. The second-order valence-corrected chi connectivity index (χ2v) is 5.85. The summed E-state index contributed by atoms with van der Waals surface area (Å²) in [5.74, 6) is 1.23. The fourth-order valence-corrected chi connectivity index (χ4v) is 3.89. The lowest BCUT2D eigenvalue weighted by Crippen LogP contribution is -2.31. The molecule has 0 spiro atoms. The number of fused-ring (bicyclic) bond motifs is 2. The molecule has 2 fully saturated rings. The highest BCUT2D eigenvalue weighted by Crippen LogP contribution is 2.44. The Labute approximate surface area is 105 Å². The molecule has 0 radical (unpaired) electrons. The van der Waals surface area contributed by atoms with E-state index in [4.69, 9.17) is 5.73 Å². The van der Waals surface area contributed by atoms with Gasteiger partial charge in [-0.3, -0.25) is 0 Å². The predicted octanol–water partition coefficient (Wildman–Crippen LogP) is 2.24. The van der Waals surface area contributed by atoms with Gasteiger partial charge in [0.15, 0.2) is 0 Å². The number of hydrogen-bond acceptors (Lipinski definition) is 2. The number of benzene rings is 1. The maximum absolute atomic E-state index is 5.93. The van der Waals surface area contributed by atoms with E-state index in [2.05, 4.69) is 45.5 Å². The smallest absolute Gasteiger partial charge is 0.0178 e. The molecule has 16 heavy (non-hydrogen) atoms. The van der Waals surface area contributed by atoms with E-state index in [0.717, 1.165) is 6.54 Å². The molecule has 2 heterocycles. The molecule has 0 amide bonds. The van der Waals surface area contributed by atoms with Gasteiger partial charge in [-0.1, -0.05) is 28.1 Å². The Morgan fingerprint density at radius 1 is 1.31 bits per heavy atom. The van der Waals surface area contributed by atoms with Crippen molar-refractivity contribution in [2.45, 2.75) is 30.8 Å². The van der Waals surface area contributed by atoms with Crippen LogP contribution in [0.5, 0.6) is 0 Å². The Kier molecular flexibility index (Phi) is 2.78. The summed E-state index contributed by atoms with van der Waals surface area (Å²) < 4.78 is 1.17. The van der Waals surface area contributed by atoms with Crippen LogP contribution in [0.25, 0.3) is 0 Å². The van der Waals surface area contributed by atoms with Gasteiger partial charge in [-0.2, -0.15) is 0 Å². The van der Waals surface area contributed by atoms with Crippen LogP contribution >= 0.6 is 15.9 Å². The molecule has 3 heteroatoms. The van der Waals surface area contributed by atoms with Crippen LogP contribution in [-0.2, 0) is 0 Å². The van der Waals surface area contributed by atoms with Gasteiger partial charge in [-0.15, -0.1) is 0 Å². The van der Waals surface area contributed by atoms with Gasteiger partial charge in [-0.25, -0.2) is 0 Å². The highest BCUT2D eigenvalue weighted by atomic mass is 79.9. The Morgan fingerprint density at radius 2 is 2.12 bits per heavy atom. The van der Waals surface area contributed by atoms with Crippen LogP contribution in [0, 0.1) is 5.92 Å². The van der Waals surface area contributed by atoms with Crippen molar-refractivity contribution in [3.8, 4) is 0 Å². The third-order valence-electron chi connectivity index (χ3n) is 4.13. The average Bonchev–Trinajstić information content (AvgIpc) is 2.88. The van der Waals surface area contributed by atoms with E-state index in [9.17, 15) is 0 Å². The van der Waals surface area contributed by atoms with Crippen molar-refractivity contribution in [1.82, 2.24) is 5.32 Å². The van der Waals surface area contributed by atoms with Gasteiger partial charge < -0.3 is 11.1 Å². The van der Waals surface area contributed by atoms with Gasteiger partial charge in [0.05, 0.1) is 0 Å². The van der Waals surface area contributed by atoms with Crippen LogP contribution in [0.2, 0.25) is 0 Å². The molecule has 0 saturated carbocycles. The van der Waals surface area contributed by atoms with Gasteiger partial charge >= 0.3 is 0 Å². The van der Waals surface area contributed by atoms with E-state index >= 15 is 0 Å². The van der Waals surface area contributed by atoms with Crippen LogP contribution in [0.3, 0.4) is 0 Å². The zero-order valence-electron chi connectivity index (χ0n) is 9.20. The fourth-order valence-electron chi connectivity index (χ4n) is 3.47. The quantitative estimate of drug-likeness (QED) is 0.872. The van der Waals surface area contributed by atoms with Crippen molar-refractivity contribution in [2.75, 3.05) is 6.54 Å². The summed E-state index contributed by atoms with van der Waals surface area (Å²) >= 11 is 3.55. The number of rotatable bonds is 2. The summed E-state index contributed by atoms with van der Waals surface area (Å²) in [5.41, 5.74) is 7.37. The monoisotopic (exact) mass is 280 g/mol. The van der Waals surface area contributed by atoms with E-state index in [-0.39, 0.29) is 0 Å². The molecule has 2 saturated heterocycles. The van der Waals surface area contributed by atoms with E-state index in [1.54, 1.807) is 0 Å². The molecule has 4 unspecified atom stereocenters. The normalized spacial score (nSPS) is 36.9. The topological polar surface area (TPSA) is 38.0 Å². The van der Waals surface area contributed by atoms with Crippen molar-refractivity contribution in [1.29, 1.82) is 0 Å². The summed E-state index contributed by atoms with van der Waals surface area (Å²) in [6, 6.07) is 9.99. The molecule has 2 bridgehead atoms. The van der Waals surface area contributed by atoms with Crippen LogP contribution in [0.15, 0.2) is 28.7 Å². The molecule has 4 atom stereocenters. The van der Waals surface area contributed by atoms with E-state index in [1.807, 2.05) is 0 Å². The minimum Gasteiger partial charge on any atom is -0.330 e. The third-order valence-corrected chi connectivity index (χ3v) is 4.63. The molecule has 2 aliphatic rings. The van der Waals surface area contributed by atoms with E-state index in [0.29, 0.717) is 23.9 Å². The fraction of sp³-hybridized carbons (Fsp3) is 0.538. The number of halogens is 1. The molecule has 1 aromatic carbocycles. The molecular weight excluding hydrogens is 264 g/mol. The van der Waals surface area contributed by atoms with Crippen LogP contribution in [0.4, 0.5) is 0 Å². The third kappa shape index (κ3) is 1.62. The zero-order chi connectivity index (χ0) is 11.1. The molecule has 3 N–H and O–H groups in total. The summed E-state index contributed by atoms with van der Waals surface area (Å²) in [5, 5.41) is 3.70. The predicted molar refractivity (Wildman–Crippen MR) is 69.4 cm³/mol. The second kappa shape index (κ2) is 4.13. The van der Waals surface area contributed by atoms with Crippen molar-refractivity contribution < 1.29 is 0 Å². The molecular formula is C13H17BrN2. The first-order valence-corrected chi connectivity index (χ1v) is 6.80. The first-order valence-electron chi connectivity index (χ1n) is 6.01. The number of hydrogen-bond donors (Lipinski definition) is 2. The molecule has 0 aliphatic carbocycles. The Balaban J connectivity index is 1.94. The Bertz CT molecular complexity index is 393. The summed E-state index contributed by atoms with van der Waals surface area (Å²) in [6.07, 6.45) is 2.61. The first-order chi connectivity index (χ1) is 7.79. The maximum Gasteiger partial charge on any atom is 0.0178 e. The molecule has 3 rings (SSSR count). The highest BCUT2D eigenvalue weighted by molar-refractivity contribution is 9.10. The van der Waals surface area contributed by atoms with Crippen LogP contribution in [0.1, 0.15) is 24.3 Å². The zero-order valence-corrected chi connectivity index (χ0v) is 10.8. The van der Waals surface area contributed by atoms with E-state index in [1.165, 1.54) is 22.9 Å². The summed E-state index contributed by atoms with van der Waals surface area (Å²) in [6.45, 7) is 0.797. The highest BCUT2D eigenvalue weighted by Gasteiger charge is 2.46. The molecule has 2 nitrogen and oxygen atoms in total. The molecule has 0 aromatic heterocycles. The Morgan fingerprint density at radius 3 is 2.88 bits per heavy atom. The SMILES string of the molecule is NCC1C2CCC(N2)C1c1cccc(Br)c1. The van der Waals surface area contributed by atoms with Gasteiger partial charge in [-0.05, 0) is 43.0 Å². The summed E-state index contributed by atoms with van der Waals surface area (Å²) in [4.78, 5) is 0. The minimum absolute atomic E-state index is 0.612. The lowest BCUT2D eigenvalue weighted by atomic mass is 9.75.